The average Bonchev–Trinajstić information content (AvgIpc) is 2.36. The van der Waals surface area contributed by atoms with Gasteiger partial charge >= 0.3 is 0 Å². The first kappa shape index (κ1) is 14.5. The van der Waals surface area contributed by atoms with Crippen LogP contribution in [0.3, 0.4) is 0 Å². The Balaban J connectivity index is 2.04. The molecule has 2 unspecified atom stereocenters. The van der Waals surface area contributed by atoms with Crippen molar-refractivity contribution in [3.63, 3.8) is 0 Å². The molecule has 0 saturated heterocycles. The molecule has 2 rings (SSSR count). The second-order valence-corrected chi connectivity index (χ2v) is 6.57. The van der Waals surface area contributed by atoms with Gasteiger partial charge in [-0.3, -0.25) is 0 Å². The molecule has 0 saturated carbocycles. The summed E-state index contributed by atoms with van der Waals surface area (Å²) >= 11 is 0. The van der Waals surface area contributed by atoms with Crippen LogP contribution in [0.2, 0.25) is 0 Å². The molecule has 1 aliphatic rings. The van der Waals surface area contributed by atoms with E-state index in [0.29, 0.717) is 11.5 Å². The summed E-state index contributed by atoms with van der Waals surface area (Å²) in [6.45, 7) is 7.55. The molecular weight excluding hydrogens is 234 g/mol. The molecule has 0 aromatic heterocycles. The van der Waals surface area contributed by atoms with Crippen LogP contribution in [-0.4, -0.2) is 17.8 Å². The van der Waals surface area contributed by atoms with Crippen LogP contribution in [0.15, 0.2) is 24.3 Å². The monoisotopic (exact) mass is 261 g/mol. The van der Waals surface area contributed by atoms with Crippen LogP contribution in [0.4, 0.5) is 0 Å². The van der Waals surface area contributed by atoms with Crippen LogP contribution in [-0.2, 0) is 6.42 Å². The van der Waals surface area contributed by atoms with Gasteiger partial charge < -0.3 is 10.4 Å². The summed E-state index contributed by atoms with van der Waals surface area (Å²) in [5, 5.41) is 13.0. The number of aliphatic hydroxyl groups excluding tert-OH is 1. The van der Waals surface area contributed by atoms with Gasteiger partial charge in [-0.05, 0) is 55.7 Å². The van der Waals surface area contributed by atoms with Gasteiger partial charge in [-0.1, -0.05) is 38.1 Å². The van der Waals surface area contributed by atoms with Crippen LogP contribution in [0, 0.1) is 5.41 Å². The molecular formula is C17H27NO. The molecule has 1 aliphatic carbocycles. The SMILES string of the molecule is CC(O)CCCNC1c2ccccc2CCC1(C)C. The van der Waals surface area contributed by atoms with Gasteiger partial charge in [-0.2, -0.15) is 0 Å². The first-order valence-corrected chi connectivity index (χ1v) is 7.50. The van der Waals surface area contributed by atoms with Crippen LogP contribution in [0.1, 0.15) is 57.2 Å². The average molecular weight is 261 g/mol. The van der Waals surface area contributed by atoms with Gasteiger partial charge in [0.2, 0.25) is 0 Å². The zero-order valence-electron chi connectivity index (χ0n) is 12.4. The minimum Gasteiger partial charge on any atom is -0.393 e. The Morgan fingerprint density at radius 3 is 2.84 bits per heavy atom. The molecule has 106 valence electrons. The summed E-state index contributed by atoms with van der Waals surface area (Å²) in [6.07, 6.45) is 4.15. The largest absolute Gasteiger partial charge is 0.393 e. The highest BCUT2D eigenvalue weighted by Gasteiger charge is 2.34. The van der Waals surface area contributed by atoms with Crippen molar-refractivity contribution in [1.82, 2.24) is 5.32 Å². The fourth-order valence-electron chi connectivity index (χ4n) is 3.10. The summed E-state index contributed by atoms with van der Waals surface area (Å²) in [6, 6.07) is 9.25. The van der Waals surface area contributed by atoms with Gasteiger partial charge in [-0.25, -0.2) is 0 Å². The Kier molecular flexibility index (Phi) is 4.64. The van der Waals surface area contributed by atoms with Crippen molar-refractivity contribution in [1.29, 1.82) is 0 Å². The number of hydrogen-bond acceptors (Lipinski definition) is 2. The first-order valence-electron chi connectivity index (χ1n) is 7.50. The van der Waals surface area contributed by atoms with Crippen molar-refractivity contribution in [2.24, 2.45) is 5.41 Å². The summed E-state index contributed by atoms with van der Waals surface area (Å²) in [5.74, 6) is 0. The molecule has 0 amide bonds. The summed E-state index contributed by atoms with van der Waals surface area (Å²) in [4.78, 5) is 0. The number of aliphatic hydroxyl groups is 1. The molecule has 19 heavy (non-hydrogen) atoms. The molecule has 0 radical (unpaired) electrons. The summed E-state index contributed by atoms with van der Waals surface area (Å²) in [5.41, 5.74) is 3.27. The second kappa shape index (κ2) is 6.06. The molecule has 2 N–H and O–H groups in total. The van der Waals surface area contributed by atoms with Crippen molar-refractivity contribution >= 4 is 0 Å². The van der Waals surface area contributed by atoms with Gasteiger partial charge in [0.05, 0.1) is 6.10 Å². The molecule has 2 atom stereocenters. The third kappa shape index (κ3) is 3.58. The predicted molar refractivity (Wildman–Crippen MR) is 80.2 cm³/mol. The van der Waals surface area contributed by atoms with E-state index in [1.54, 1.807) is 0 Å². The zero-order valence-corrected chi connectivity index (χ0v) is 12.4. The molecule has 1 aromatic rings. The van der Waals surface area contributed by atoms with Crippen molar-refractivity contribution in [3.05, 3.63) is 35.4 Å². The third-order valence-corrected chi connectivity index (χ3v) is 4.33. The highest BCUT2D eigenvalue weighted by atomic mass is 16.3. The van der Waals surface area contributed by atoms with Crippen molar-refractivity contribution in [2.75, 3.05) is 6.54 Å². The number of hydrogen-bond donors (Lipinski definition) is 2. The number of fused-ring (bicyclic) bond motifs is 1. The molecule has 0 spiro atoms. The van der Waals surface area contributed by atoms with E-state index in [2.05, 4.69) is 43.4 Å². The quantitative estimate of drug-likeness (QED) is 0.796. The third-order valence-electron chi connectivity index (χ3n) is 4.33. The van der Waals surface area contributed by atoms with Crippen LogP contribution >= 0.6 is 0 Å². The fraction of sp³-hybridized carbons (Fsp3) is 0.647. The van der Waals surface area contributed by atoms with Crippen molar-refractivity contribution < 1.29 is 5.11 Å². The van der Waals surface area contributed by atoms with E-state index < -0.39 is 0 Å². The minimum atomic E-state index is -0.187. The lowest BCUT2D eigenvalue weighted by Crippen LogP contribution is -2.38. The number of nitrogens with one attached hydrogen (secondary N) is 1. The van der Waals surface area contributed by atoms with Crippen molar-refractivity contribution in [3.8, 4) is 0 Å². The lowest BCUT2D eigenvalue weighted by molar-refractivity contribution is 0.174. The van der Waals surface area contributed by atoms with E-state index in [1.807, 2.05) is 6.92 Å². The van der Waals surface area contributed by atoms with E-state index >= 15 is 0 Å². The van der Waals surface area contributed by atoms with Gasteiger partial charge in [-0.15, -0.1) is 0 Å². The van der Waals surface area contributed by atoms with Crippen LogP contribution in [0.25, 0.3) is 0 Å². The molecule has 0 fully saturated rings. The van der Waals surface area contributed by atoms with Gasteiger partial charge in [0.15, 0.2) is 0 Å². The Labute approximate surface area is 117 Å². The van der Waals surface area contributed by atoms with Gasteiger partial charge in [0.1, 0.15) is 0 Å². The van der Waals surface area contributed by atoms with Gasteiger partial charge in [0, 0.05) is 6.04 Å². The maximum absolute atomic E-state index is 9.32. The second-order valence-electron chi connectivity index (χ2n) is 6.57. The van der Waals surface area contributed by atoms with E-state index in [9.17, 15) is 5.11 Å². The Morgan fingerprint density at radius 1 is 1.37 bits per heavy atom. The Hall–Kier alpha value is -0.860. The zero-order chi connectivity index (χ0) is 13.9. The maximum atomic E-state index is 9.32. The normalized spacial score (nSPS) is 22.8. The molecule has 0 aliphatic heterocycles. The van der Waals surface area contributed by atoms with E-state index in [0.717, 1.165) is 19.4 Å². The van der Waals surface area contributed by atoms with Crippen molar-refractivity contribution in [2.45, 2.75) is 58.6 Å². The molecule has 2 nitrogen and oxygen atoms in total. The Morgan fingerprint density at radius 2 is 2.11 bits per heavy atom. The predicted octanol–water partition coefficient (Wildman–Crippen LogP) is 3.45. The summed E-state index contributed by atoms with van der Waals surface area (Å²) in [7, 11) is 0. The van der Waals surface area contributed by atoms with E-state index in [1.165, 1.54) is 24.0 Å². The van der Waals surface area contributed by atoms with E-state index in [4.69, 9.17) is 0 Å². The number of aryl methyl sites for hydroxylation is 1. The van der Waals surface area contributed by atoms with Crippen LogP contribution in [0.5, 0.6) is 0 Å². The van der Waals surface area contributed by atoms with Crippen LogP contribution < -0.4 is 5.32 Å². The lowest BCUT2D eigenvalue weighted by atomic mass is 9.70. The maximum Gasteiger partial charge on any atom is 0.0512 e. The molecule has 2 heteroatoms. The highest BCUT2D eigenvalue weighted by molar-refractivity contribution is 5.34. The smallest absolute Gasteiger partial charge is 0.0512 e. The number of rotatable bonds is 5. The number of benzene rings is 1. The highest BCUT2D eigenvalue weighted by Crippen LogP contribution is 2.43. The van der Waals surface area contributed by atoms with Gasteiger partial charge in [0.25, 0.3) is 0 Å². The topological polar surface area (TPSA) is 32.3 Å². The molecule has 0 bridgehead atoms. The van der Waals surface area contributed by atoms with E-state index in [-0.39, 0.29) is 6.10 Å². The first-order chi connectivity index (χ1) is 9.00. The minimum absolute atomic E-state index is 0.187. The molecule has 0 heterocycles. The fourth-order valence-corrected chi connectivity index (χ4v) is 3.10. The molecule has 1 aromatic carbocycles. The lowest BCUT2D eigenvalue weighted by Gasteiger charge is -2.40. The standard InChI is InChI=1S/C17H27NO/c1-13(19)7-6-12-18-16-15-9-5-4-8-14(15)10-11-17(16,2)3/h4-5,8-9,13,16,18-19H,6-7,10-12H2,1-3H3. The Bertz CT molecular complexity index is 411. The summed E-state index contributed by atoms with van der Waals surface area (Å²) < 4.78 is 0.